The van der Waals surface area contributed by atoms with E-state index in [2.05, 4.69) is 26.1 Å². The number of ether oxygens (including phenoxy) is 2. The van der Waals surface area contributed by atoms with Gasteiger partial charge in [-0.15, -0.1) is 0 Å². The number of rotatable bonds is 6. The Bertz CT molecular complexity index is 988. The molecular weight excluding hydrogens is 366 g/mol. The maximum atomic E-state index is 13.0. The van der Waals surface area contributed by atoms with Crippen LogP contribution in [-0.4, -0.2) is 29.9 Å². The highest BCUT2D eigenvalue weighted by Crippen LogP contribution is 2.27. The van der Waals surface area contributed by atoms with E-state index in [1.807, 2.05) is 41.1 Å². The van der Waals surface area contributed by atoms with Gasteiger partial charge in [0.25, 0.3) is 5.91 Å². The molecule has 0 atom stereocenters. The average molecular weight is 393 g/mol. The van der Waals surface area contributed by atoms with E-state index in [1.165, 1.54) is 7.11 Å². The highest BCUT2D eigenvalue weighted by atomic mass is 16.5. The minimum Gasteiger partial charge on any atom is -0.497 e. The Morgan fingerprint density at radius 3 is 2.38 bits per heavy atom. The summed E-state index contributed by atoms with van der Waals surface area (Å²) in [6.45, 7) is 6.85. The number of methoxy groups -OCH3 is 2. The van der Waals surface area contributed by atoms with E-state index in [9.17, 15) is 4.79 Å². The molecule has 0 aliphatic heterocycles. The molecule has 3 aromatic rings. The third-order valence-corrected chi connectivity index (χ3v) is 4.62. The van der Waals surface area contributed by atoms with Crippen LogP contribution in [0.4, 0.5) is 5.82 Å². The van der Waals surface area contributed by atoms with Crippen molar-refractivity contribution >= 4 is 11.7 Å². The van der Waals surface area contributed by atoms with Crippen LogP contribution in [-0.2, 0) is 12.0 Å². The van der Waals surface area contributed by atoms with Crippen LogP contribution in [0.5, 0.6) is 11.5 Å². The van der Waals surface area contributed by atoms with Gasteiger partial charge < -0.3 is 14.8 Å². The topological polar surface area (TPSA) is 65.4 Å². The molecule has 0 spiro atoms. The van der Waals surface area contributed by atoms with E-state index in [1.54, 1.807) is 25.3 Å². The second kappa shape index (κ2) is 8.39. The first-order chi connectivity index (χ1) is 13.8. The van der Waals surface area contributed by atoms with Gasteiger partial charge in [0.15, 0.2) is 0 Å². The summed E-state index contributed by atoms with van der Waals surface area (Å²) in [7, 11) is 3.10. The van der Waals surface area contributed by atoms with Gasteiger partial charge in [-0.2, -0.15) is 5.10 Å². The lowest BCUT2D eigenvalue weighted by atomic mass is 9.92. The van der Waals surface area contributed by atoms with E-state index in [-0.39, 0.29) is 11.3 Å². The van der Waals surface area contributed by atoms with Gasteiger partial charge in [0.05, 0.1) is 32.0 Å². The minimum atomic E-state index is -0.282. The Labute approximate surface area is 171 Å². The molecule has 0 bridgehead atoms. The van der Waals surface area contributed by atoms with Crippen molar-refractivity contribution in [2.75, 3.05) is 19.5 Å². The Morgan fingerprint density at radius 2 is 1.76 bits per heavy atom. The smallest absolute Gasteiger partial charge is 0.260 e. The number of hydrogen-bond acceptors (Lipinski definition) is 4. The van der Waals surface area contributed by atoms with Gasteiger partial charge in [-0.25, -0.2) is 4.68 Å². The molecule has 0 aliphatic rings. The third kappa shape index (κ3) is 4.77. The lowest BCUT2D eigenvalue weighted by Crippen LogP contribution is -2.17. The average Bonchev–Trinajstić information content (AvgIpc) is 3.11. The number of amides is 1. The molecule has 152 valence electrons. The molecule has 6 nitrogen and oxygen atoms in total. The number of carbonyl (C=O) groups is 1. The van der Waals surface area contributed by atoms with E-state index in [0.29, 0.717) is 29.4 Å². The number of carbonyl (C=O) groups excluding carboxylic acids is 1. The number of aromatic nitrogens is 2. The summed E-state index contributed by atoms with van der Waals surface area (Å²) in [6, 6.07) is 17.1. The highest BCUT2D eigenvalue weighted by molar-refractivity contribution is 6.06. The lowest BCUT2D eigenvalue weighted by molar-refractivity contribution is 0.102. The van der Waals surface area contributed by atoms with E-state index in [4.69, 9.17) is 14.6 Å². The van der Waals surface area contributed by atoms with E-state index >= 15 is 0 Å². The van der Waals surface area contributed by atoms with Gasteiger partial charge in [0.2, 0.25) is 0 Å². The first-order valence-corrected chi connectivity index (χ1v) is 9.47. The molecule has 6 heteroatoms. The molecule has 1 heterocycles. The maximum Gasteiger partial charge on any atom is 0.260 e. The van der Waals surface area contributed by atoms with Crippen molar-refractivity contribution in [1.29, 1.82) is 0 Å². The predicted molar refractivity (Wildman–Crippen MR) is 114 cm³/mol. The van der Waals surface area contributed by atoms with Crippen molar-refractivity contribution in [1.82, 2.24) is 9.78 Å². The van der Waals surface area contributed by atoms with Crippen LogP contribution in [0.3, 0.4) is 0 Å². The molecule has 1 N–H and O–H groups in total. The summed E-state index contributed by atoms with van der Waals surface area (Å²) in [5, 5.41) is 7.74. The number of hydrogen-bond donors (Lipinski definition) is 1. The second-order valence-corrected chi connectivity index (χ2v) is 7.83. The fraction of sp³-hybridized carbons (Fsp3) is 0.304. The van der Waals surface area contributed by atoms with Crippen molar-refractivity contribution in [3.8, 4) is 11.5 Å². The van der Waals surface area contributed by atoms with Crippen molar-refractivity contribution < 1.29 is 14.3 Å². The van der Waals surface area contributed by atoms with Gasteiger partial charge in [-0.3, -0.25) is 4.79 Å². The molecule has 0 aliphatic carbocycles. The molecule has 1 aromatic heterocycles. The minimum absolute atomic E-state index is 0.144. The first-order valence-electron chi connectivity index (χ1n) is 9.47. The molecule has 0 unspecified atom stereocenters. The van der Waals surface area contributed by atoms with Crippen LogP contribution in [0.25, 0.3) is 0 Å². The Hall–Kier alpha value is -3.28. The van der Waals surface area contributed by atoms with Gasteiger partial charge >= 0.3 is 0 Å². The standard InChI is InChI=1S/C23H27N3O3/c1-23(2,3)20-14-21(26(25-20)15-16-9-7-6-8-10-16)24-22(27)18-13-17(28-4)11-12-19(18)29-5/h6-14H,15H2,1-5H3,(H,24,27). The van der Waals surface area contributed by atoms with Crippen LogP contribution in [0.15, 0.2) is 54.6 Å². The third-order valence-electron chi connectivity index (χ3n) is 4.62. The number of nitrogens with zero attached hydrogens (tertiary/aromatic N) is 2. The summed E-state index contributed by atoms with van der Waals surface area (Å²) in [5.41, 5.74) is 2.26. The van der Waals surface area contributed by atoms with Crippen LogP contribution >= 0.6 is 0 Å². The van der Waals surface area contributed by atoms with Gasteiger partial charge in [-0.1, -0.05) is 51.1 Å². The van der Waals surface area contributed by atoms with Gasteiger partial charge in [0, 0.05) is 11.5 Å². The van der Waals surface area contributed by atoms with Crippen molar-refractivity contribution in [2.24, 2.45) is 0 Å². The lowest BCUT2D eigenvalue weighted by Gasteiger charge is -2.14. The largest absolute Gasteiger partial charge is 0.497 e. The fourth-order valence-corrected chi connectivity index (χ4v) is 2.94. The molecule has 0 fully saturated rings. The van der Waals surface area contributed by atoms with Crippen LogP contribution in [0, 0.1) is 0 Å². The Morgan fingerprint density at radius 1 is 1.03 bits per heavy atom. The van der Waals surface area contributed by atoms with Crippen LogP contribution in [0.1, 0.15) is 42.4 Å². The summed E-state index contributed by atoms with van der Waals surface area (Å²) in [4.78, 5) is 13.0. The van der Waals surface area contributed by atoms with E-state index < -0.39 is 0 Å². The Balaban J connectivity index is 1.95. The fourth-order valence-electron chi connectivity index (χ4n) is 2.94. The molecular formula is C23H27N3O3. The summed E-state index contributed by atoms with van der Waals surface area (Å²) < 4.78 is 12.4. The summed E-state index contributed by atoms with van der Waals surface area (Å²) >= 11 is 0. The Kier molecular flexibility index (Phi) is 5.92. The molecule has 0 saturated carbocycles. The zero-order chi connectivity index (χ0) is 21.0. The number of anilines is 1. The predicted octanol–water partition coefficient (Wildman–Crippen LogP) is 4.50. The molecule has 0 radical (unpaired) electrons. The highest BCUT2D eigenvalue weighted by Gasteiger charge is 2.22. The monoisotopic (exact) mass is 393 g/mol. The summed E-state index contributed by atoms with van der Waals surface area (Å²) in [6.07, 6.45) is 0. The van der Waals surface area contributed by atoms with Crippen LogP contribution in [0.2, 0.25) is 0 Å². The normalized spacial score (nSPS) is 11.2. The quantitative estimate of drug-likeness (QED) is 0.670. The van der Waals surface area contributed by atoms with Crippen molar-refractivity contribution in [3.05, 3.63) is 71.4 Å². The van der Waals surface area contributed by atoms with Gasteiger partial charge in [0.1, 0.15) is 17.3 Å². The number of benzene rings is 2. The molecule has 3 rings (SSSR count). The maximum absolute atomic E-state index is 13.0. The molecule has 29 heavy (non-hydrogen) atoms. The van der Waals surface area contributed by atoms with Crippen molar-refractivity contribution in [3.63, 3.8) is 0 Å². The molecule has 2 aromatic carbocycles. The number of nitrogens with one attached hydrogen (secondary N) is 1. The van der Waals surface area contributed by atoms with E-state index in [0.717, 1.165) is 11.3 Å². The zero-order valence-corrected chi connectivity index (χ0v) is 17.5. The van der Waals surface area contributed by atoms with Gasteiger partial charge in [-0.05, 0) is 23.8 Å². The molecule has 0 saturated heterocycles. The second-order valence-electron chi connectivity index (χ2n) is 7.83. The first kappa shape index (κ1) is 20.5. The molecule has 1 amide bonds. The zero-order valence-electron chi connectivity index (χ0n) is 17.5. The van der Waals surface area contributed by atoms with Crippen LogP contribution < -0.4 is 14.8 Å². The van der Waals surface area contributed by atoms with Crippen molar-refractivity contribution in [2.45, 2.75) is 32.7 Å². The summed E-state index contributed by atoms with van der Waals surface area (Å²) in [5.74, 6) is 1.42. The SMILES string of the molecule is COc1ccc(OC)c(C(=O)Nc2cc(C(C)(C)C)nn2Cc2ccccc2)c1.